The minimum absolute atomic E-state index is 0.250. The first-order chi connectivity index (χ1) is 9.10. The Kier molecular flexibility index (Phi) is 5.06. The van der Waals surface area contributed by atoms with Gasteiger partial charge in [-0.2, -0.15) is 0 Å². The van der Waals surface area contributed by atoms with Gasteiger partial charge in [-0.15, -0.1) is 11.8 Å². The number of thioether (sulfide) groups is 1. The zero-order valence-corrected chi connectivity index (χ0v) is 12.9. The highest BCUT2D eigenvalue weighted by Crippen LogP contribution is 2.27. The Morgan fingerprint density at radius 1 is 1.32 bits per heavy atom. The SMILES string of the molecule is CSc1ccc(C(=O)CN(CC(C)C)C2CC2)cc1. The van der Waals surface area contributed by atoms with Crippen molar-refractivity contribution in [3.8, 4) is 0 Å². The number of ketones is 1. The molecule has 104 valence electrons. The quantitative estimate of drug-likeness (QED) is 0.560. The zero-order chi connectivity index (χ0) is 13.8. The number of benzene rings is 1. The lowest BCUT2D eigenvalue weighted by molar-refractivity contribution is 0.0915. The van der Waals surface area contributed by atoms with Gasteiger partial charge in [0.1, 0.15) is 0 Å². The summed E-state index contributed by atoms with van der Waals surface area (Å²) in [5.41, 5.74) is 0.840. The number of hydrogen-bond acceptors (Lipinski definition) is 3. The summed E-state index contributed by atoms with van der Waals surface area (Å²) in [5, 5.41) is 0. The Labute approximate surface area is 120 Å². The van der Waals surface area contributed by atoms with Crippen LogP contribution in [-0.4, -0.2) is 36.1 Å². The highest BCUT2D eigenvalue weighted by atomic mass is 32.2. The lowest BCUT2D eigenvalue weighted by atomic mass is 10.1. The van der Waals surface area contributed by atoms with E-state index < -0.39 is 0 Å². The maximum absolute atomic E-state index is 12.3. The lowest BCUT2D eigenvalue weighted by Gasteiger charge is -2.23. The van der Waals surface area contributed by atoms with E-state index in [-0.39, 0.29) is 5.78 Å². The van der Waals surface area contributed by atoms with Gasteiger partial charge in [-0.25, -0.2) is 0 Å². The van der Waals surface area contributed by atoms with Gasteiger partial charge in [-0.05, 0) is 37.1 Å². The van der Waals surface area contributed by atoms with Crippen LogP contribution in [-0.2, 0) is 0 Å². The molecule has 1 saturated carbocycles. The van der Waals surface area contributed by atoms with Gasteiger partial charge in [-0.3, -0.25) is 9.69 Å². The summed E-state index contributed by atoms with van der Waals surface area (Å²) in [6.45, 7) is 6.03. The zero-order valence-electron chi connectivity index (χ0n) is 12.1. The molecule has 1 fully saturated rings. The number of carbonyl (C=O) groups excluding carboxylic acids is 1. The van der Waals surface area contributed by atoms with E-state index in [1.807, 2.05) is 30.5 Å². The van der Waals surface area contributed by atoms with Crippen LogP contribution >= 0.6 is 11.8 Å². The second kappa shape index (κ2) is 6.58. The van der Waals surface area contributed by atoms with Crippen molar-refractivity contribution in [2.24, 2.45) is 5.92 Å². The molecular formula is C16H23NOS. The van der Waals surface area contributed by atoms with Crippen molar-refractivity contribution in [2.45, 2.75) is 37.6 Å². The average Bonchev–Trinajstić information content (AvgIpc) is 3.21. The van der Waals surface area contributed by atoms with Crippen molar-refractivity contribution in [3.63, 3.8) is 0 Å². The maximum Gasteiger partial charge on any atom is 0.176 e. The van der Waals surface area contributed by atoms with Gasteiger partial charge in [-0.1, -0.05) is 26.0 Å². The van der Waals surface area contributed by atoms with E-state index in [9.17, 15) is 4.79 Å². The van der Waals surface area contributed by atoms with E-state index in [2.05, 4.69) is 18.7 Å². The minimum atomic E-state index is 0.250. The van der Waals surface area contributed by atoms with E-state index in [1.54, 1.807) is 11.8 Å². The van der Waals surface area contributed by atoms with Crippen LogP contribution < -0.4 is 0 Å². The van der Waals surface area contributed by atoms with E-state index in [1.165, 1.54) is 17.7 Å². The number of hydrogen-bond donors (Lipinski definition) is 0. The Morgan fingerprint density at radius 3 is 2.42 bits per heavy atom. The van der Waals surface area contributed by atoms with Crippen LogP contribution in [0.25, 0.3) is 0 Å². The van der Waals surface area contributed by atoms with Crippen molar-refractivity contribution in [3.05, 3.63) is 29.8 Å². The molecule has 0 saturated heterocycles. The highest BCUT2D eigenvalue weighted by molar-refractivity contribution is 7.98. The predicted molar refractivity (Wildman–Crippen MR) is 82.0 cm³/mol. The summed E-state index contributed by atoms with van der Waals surface area (Å²) in [6.07, 6.45) is 4.56. The first-order valence-corrected chi connectivity index (χ1v) is 8.24. The van der Waals surface area contributed by atoms with E-state index in [0.717, 1.165) is 12.1 Å². The van der Waals surface area contributed by atoms with Crippen LogP contribution in [0.1, 0.15) is 37.0 Å². The highest BCUT2D eigenvalue weighted by Gasteiger charge is 2.30. The summed E-state index contributed by atoms with van der Waals surface area (Å²) in [4.78, 5) is 15.9. The summed E-state index contributed by atoms with van der Waals surface area (Å²) < 4.78 is 0. The monoisotopic (exact) mass is 277 g/mol. The average molecular weight is 277 g/mol. The van der Waals surface area contributed by atoms with E-state index in [4.69, 9.17) is 0 Å². The topological polar surface area (TPSA) is 20.3 Å². The molecule has 0 heterocycles. The third-order valence-corrected chi connectivity index (χ3v) is 4.17. The molecule has 0 bridgehead atoms. The van der Waals surface area contributed by atoms with Crippen LogP contribution in [0.15, 0.2) is 29.2 Å². The molecule has 0 unspecified atom stereocenters. The summed E-state index contributed by atoms with van der Waals surface area (Å²) in [6, 6.07) is 8.61. The number of Topliss-reactive ketones (excluding diaryl/α,β-unsaturated/α-hetero) is 1. The smallest absolute Gasteiger partial charge is 0.176 e. The van der Waals surface area contributed by atoms with Gasteiger partial charge in [0, 0.05) is 23.0 Å². The number of nitrogens with zero attached hydrogens (tertiary/aromatic N) is 1. The first-order valence-electron chi connectivity index (χ1n) is 7.01. The van der Waals surface area contributed by atoms with Crippen LogP contribution in [0.4, 0.5) is 0 Å². The number of carbonyl (C=O) groups is 1. The Balaban J connectivity index is 1.97. The molecule has 2 rings (SSSR count). The third-order valence-electron chi connectivity index (χ3n) is 3.42. The molecule has 0 radical (unpaired) electrons. The first kappa shape index (κ1) is 14.6. The fraction of sp³-hybridized carbons (Fsp3) is 0.562. The van der Waals surface area contributed by atoms with Crippen LogP contribution in [0.2, 0.25) is 0 Å². The molecule has 19 heavy (non-hydrogen) atoms. The van der Waals surface area contributed by atoms with E-state index >= 15 is 0 Å². The molecule has 0 spiro atoms. The fourth-order valence-corrected chi connectivity index (χ4v) is 2.71. The van der Waals surface area contributed by atoms with Gasteiger partial charge < -0.3 is 0 Å². The van der Waals surface area contributed by atoms with Crippen LogP contribution in [0, 0.1) is 5.92 Å². The number of rotatable bonds is 7. The fourth-order valence-electron chi connectivity index (χ4n) is 2.30. The molecule has 1 aromatic carbocycles. The Hall–Kier alpha value is -0.800. The summed E-state index contributed by atoms with van der Waals surface area (Å²) in [7, 11) is 0. The second-order valence-electron chi connectivity index (χ2n) is 5.71. The van der Waals surface area contributed by atoms with Gasteiger partial charge in [0.25, 0.3) is 0 Å². The molecule has 1 aliphatic carbocycles. The summed E-state index contributed by atoms with van der Waals surface area (Å²) in [5.74, 6) is 0.868. The van der Waals surface area contributed by atoms with Crippen molar-refractivity contribution in [2.75, 3.05) is 19.3 Å². The molecular weight excluding hydrogens is 254 g/mol. The largest absolute Gasteiger partial charge is 0.293 e. The maximum atomic E-state index is 12.3. The molecule has 0 aliphatic heterocycles. The molecule has 1 aromatic rings. The predicted octanol–water partition coefficient (Wildman–Crippen LogP) is 3.71. The molecule has 0 amide bonds. The Morgan fingerprint density at radius 2 is 1.95 bits per heavy atom. The normalized spacial score (nSPS) is 15.2. The van der Waals surface area contributed by atoms with Crippen LogP contribution in [0.3, 0.4) is 0 Å². The van der Waals surface area contributed by atoms with Crippen molar-refractivity contribution >= 4 is 17.5 Å². The molecule has 1 aliphatic rings. The minimum Gasteiger partial charge on any atom is -0.293 e. The lowest BCUT2D eigenvalue weighted by Crippen LogP contribution is -2.34. The molecule has 0 N–H and O–H groups in total. The standard InChI is InChI=1S/C16H23NOS/c1-12(2)10-17(14-6-7-14)11-16(18)13-4-8-15(19-3)9-5-13/h4-5,8-9,12,14H,6-7,10-11H2,1-3H3. The molecule has 3 heteroatoms. The van der Waals surface area contributed by atoms with Crippen LogP contribution in [0.5, 0.6) is 0 Å². The molecule has 2 nitrogen and oxygen atoms in total. The van der Waals surface area contributed by atoms with Gasteiger partial charge in [0.2, 0.25) is 0 Å². The van der Waals surface area contributed by atoms with E-state index in [0.29, 0.717) is 18.5 Å². The molecule has 0 atom stereocenters. The van der Waals surface area contributed by atoms with Gasteiger partial charge >= 0.3 is 0 Å². The van der Waals surface area contributed by atoms with Gasteiger partial charge in [0.05, 0.1) is 6.54 Å². The Bertz CT molecular complexity index is 423. The second-order valence-corrected chi connectivity index (χ2v) is 6.59. The van der Waals surface area contributed by atoms with Crippen molar-refractivity contribution in [1.82, 2.24) is 4.90 Å². The van der Waals surface area contributed by atoms with Crippen molar-refractivity contribution in [1.29, 1.82) is 0 Å². The third kappa shape index (κ3) is 4.36. The van der Waals surface area contributed by atoms with Crippen molar-refractivity contribution < 1.29 is 4.79 Å². The molecule has 0 aromatic heterocycles. The summed E-state index contributed by atoms with van der Waals surface area (Å²) >= 11 is 1.70. The van der Waals surface area contributed by atoms with Gasteiger partial charge in [0.15, 0.2) is 5.78 Å².